The monoisotopic (exact) mass is 364 g/mol. The molecule has 5 nitrogen and oxygen atoms in total. The van der Waals surface area contributed by atoms with Crippen molar-refractivity contribution in [3.05, 3.63) is 0 Å². The topological polar surface area (TPSA) is 94.8 Å². The summed E-state index contributed by atoms with van der Waals surface area (Å²) < 4.78 is 0. The lowest BCUT2D eigenvalue weighted by atomic mass is 9.44. The lowest BCUT2D eigenvalue weighted by Crippen LogP contribution is -2.59. The highest BCUT2D eigenvalue weighted by atomic mass is 16.4. The molecule has 0 radical (unpaired) electrons. The third-order valence-electron chi connectivity index (χ3n) is 9.09. The zero-order valence-corrected chi connectivity index (χ0v) is 15.9. The van der Waals surface area contributed by atoms with Crippen molar-refractivity contribution in [2.24, 2.45) is 40.4 Å². The molecule has 0 bridgehead atoms. The molecule has 0 heterocycles. The number of aliphatic hydroxyl groups is 2. The van der Waals surface area contributed by atoms with Gasteiger partial charge in [0.2, 0.25) is 5.78 Å². The van der Waals surface area contributed by atoms with Crippen LogP contribution in [0, 0.1) is 40.4 Å². The van der Waals surface area contributed by atoms with Crippen LogP contribution in [-0.4, -0.2) is 39.3 Å². The van der Waals surface area contributed by atoms with E-state index in [4.69, 9.17) is 0 Å². The zero-order valence-electron chi connectivity index (χ0n) is 15.9. The van der Waals surface area contributed by atoms with E-state index < -0.39 is 29.2 Å². The highest BCUT2D eigenvalue weighted by Crippen LogP contribution is 2.67. The Bertz CT molecular complexity index is 618. The summed E-state index contributed by atoms with van der Waals surface area (Å²) in [6, 6.07) is 0. The van der Waals surface area contributed by atoms with Crippen molar-refractivity contribution in [2.45, 2.75) is 77.4 Å². The molecule has 4 saturated carbocycles. The number of aliphatic carboxylic acids is 1. The van der Waals surface area contributed by atoms with E-state index in [1.165, 1.54) is 0 Å². The fraction of sp³-hybridized carbons (Fsp3) is 0.905. The number of hydrogen-bond acceptors (Lipinski definition) is 4. The van der Waals surface area contributed by atoms with E-state index in [0.29, 0.717) is 30.6 Å². The standard InChI is InChI=1S/C21H32O5/c1-20-8-7-12(22)9-11(20)3-4-13-14-5-6-15(18(24)19(25)26)21(14,2)10-16(23)17(13)20/h11-17,22-23H,3-10H2,1-2H3,(H,25,26)/t11-,12-,13?,14?,15-,16?,17?,20+,21+/m1/s1. The number of carbonyl (C=O) groups is 2. The van der Waals surface area contributed by atoms with E-state index in [-0.39, 0.29) is 17.4 Å². The maximum Gasteiger partial charge on any atom is 0.372 e. The number of carbonyl (C=O) groups excluding carboxylic acids is 1. The largest absolute Gasteiger partial charge is 0.475 e. The van der Waals surface area contributed by atoms with Crippen LogP contribution in [0.1, 0.15) is 65.2 Å². The van der Waals surface area contributed by atoms with Gasteiger partial charge in [-0.1, -0.05) is 13.8 Å². The number of hydrogen-bond donors (Lipinski definition) is 3. The van der Waals surface area contributed by atoms with Crippen LogP contribution in [-0.2, 0) is 9.59 Å². The molecule has 0 saturated heterocycles. The van der Waals surface area contributed by atoms with Crippen LogP contribution in [0.5, 0.6) is 0 Å². The number of rotatable bonds is 2. The molecule has 0 amide bonds. The molecule has 0 aromatic heterocycles. The van der Waals surface area contributed by atoms with Crippen molar-refractivity contribution in [3.8, 4) is 0 Å². The van der Waals surface area contributed by atoms with Crippen molar-refractivity contribution in [1.82, 2.24) is 0 Å². The molecule has 26 heavy (non-hydrogen) atoms. The van der Waals surface area contributed by atoms with E-state index in [9.17, 15) is 24.9 Å². The van der Waals surface area contributed by atoms with Gasteiger partial charge in [-0.25, -0.2) is 4.79 Å². The van der Waals surface area contributed by atoms with E-state index in [1.807, 2.05) is 0 Å². The molecule has 4 unspecified atom stereocenters. The molecule has 0 spiro atoms. The van der Waals surface area contributed by atoms with Crippen LogP contribution in [0.3, 0.4) is 0 Å². The zero-order chi connectivity index (χ0) is 18.9. The second-order valence-electron chi connectivity index (χ2n) is 10.1. The number of fused-ring (bicyclic) bond motifs is 5. The molecule has 146 valence electrons. The van der Waals surface area contributed by atoms with Crippen molar-refractivity contribution in [3.63, 3.8) is 0 Å². The molecule has 3 N–H and O–H groups in total. The Morgan fingerprint density at radius 1 is 0.962 bits per heavy atom. The molecule has 0 aromatic rings. The van der Waals surface area contributed by atoms with Gasteiger partial charge in [-0.2, -0.15) is 0 Å². The maximum atomic E-state index is 12.3. The Kier molecular flexibility index (Phi) is 4.27. The van der Waals surface area contributed by atoms with Crippen LogP contribution < -0.4 is 0 Å². The summed E-state index contributed by atoms with van der Waals surface area (Å²) in [6.45, 7) is 4.36. The number of aliphatic hydroxyl groups excluding tert-OH is 2. The van der Waals surface area contributed by atoms with Gasteiger partial charge in [0.05, 0.1) is 12.2 Å². The molecule has 9 atom stereocenters. The van der Waals surface area contributed by atoms with Crippen molar-refractivity contribution >= 4 is 11.8 Å². The summed E-state index contributed by atoms with van der Waals surface area (Å²) in [4.78, 5) is 23.6. The fourth-order valence-corrected chi connectivity index (χ4v) is 7.94. The van der Waals surface area contributed by atoms with Crippen molar-refractivity contribution in [2.75, 3.05) is 0 Å². The summed E-state index contributed by atoms with van der Waals surface area (Å²) in [5, 5.41) is 30.5. The highest BCUT2D eigenvalue weighted by Gasteiger charge is 2.64. The minimum atomic E-state index is -1.33. The smallest absolute Gasteiger partial charge is 0.372 e. The first-order valence-corrected chi connectivity index (χ1v) is 10.3. The average molecular weight is 364 g/mol. The second-order valence-corrected chi connectivity index (χ2v) is 10.1. The van der Waals surface area contributed by atoms with Gasteiger partial charge in [0.15, 0.2) is 0 Å². The minimum absolute atomic E-state index is 0.0534. The molecular formula is C21H32O5. The Labute approximate surface area is 155 Å². The quantitative estimate of drug-likeness (QED) is 0.655. The summed E-state index contributed by atoms with van der Waals surface area (Å²) in [5.41, 5.74) is -0.342. The van der Waals surface area contributed by atoms with Crippen LogP contribution in [0.25, 0.3) is 0 Å². The Balaban J connectivity index is 1.65. The van der Waals surface area contributed by atoms with Gasteiger partial charge in [0.1, 0.15) is 0 Å². The third-order valence-corrected chi connectivity index (χ3v) is 9.09. The van der Waals surface area contributed by atoms with Gasteiger partial charge >= 0.3 is 5.97 Å². The van der Waals surface area contributed by atoms with Crippen LogP contribution >= 0.6 is 0 Å². The van der Waals surface area contributed by atoms with Crippen LogP contribution in [0.15, 0.2) is 0 Å². The highest BCUT2D eigenvalue weighted by molar-refractivity contribution is 6.33. The van der Waals surface area contributed by atoms with Crippen LogP contribution in [0.2, 0.25) is 0 Å². The molecule has 4 rings (SSSR count). The number of Topliss-reactive ketones (excluding diaryl/α,β-unsaturated/α-hetero) is 1. The third kappa shape index (κ3) is 2.42. The fourth-order valence-electron chi connectivity index (χ4n) is 7.94. The summed E-state index contributed by atoms with van der Waals surface area (Å²) >= 11 is 0. The minimum Gasteiger partial charge on any atom is -0.475 e. The number of carboxylic acid groups (broad SMARTS) is 1. The lowest BCUT2D eigenvalue weighted by Gasteiger charge is -2.62. The molecule has 4 aliphatic carbocycles. The van der Waals surface area contributed by atoms with E-state index in [0.717, 1.165) is 38.5 Å². The van der Waals surface area contributed by atoms with Gasteiger partial charge in [0, 0.05) is 5.92 Å². The predicted octanol–water partition coefficient (Wildman–Crippen LogP) is 2.63. The number of ketones is 1. The van der Waals surface area contributed by atoms with Gasteiger partial charge in [0.25, 0.3) is 0 Å². The SMILES string of the molecule is C[C@]12CC(O)C3C(CC[C@@H]4C[C@H](O)CC[C@]34C)C1CC[C@@H]2C(=O)C(=O)O. The first-order chi connectivity index (χ1) is 12.2. The molecule has 0 aliphatic heterocycles. The van der Waals surface area contributed by atoms with Crippen molar-refractivity contribution in [1.29, 1.82) is 0 Å². The molecule has 4 fully saturated rings. The average Bonchev–Trinajstić information content (AvgIpc) is 2.90. The van der Waals surface area contributed by atoms with Gasteiger partial charge in [-0.15, -0.1) is 0 Å². The Hall–Kier alpha value is -0.940. The Morgan fingerprint density at radius 3 is 2.38 bits per heavy atom. The number of carboxylic acids is 1. The van der Waals surface area contributed by atoms with Crippen molar-refractivity contribution < 1.29 is 24.9 Å². The molecular weight excluding hydrogens is 332 g/mol. The lowest BCUT2D eigenvalue weighted by molar-refractivity contribution is -0.180. The van der Waals surface area contributed by atoms with E-state index in [2.05, 4.69) is 13.8 Å². The Morgan fingerprint density at radius 2 is 1.69 bits per heavy atom. The maximum absolute atomic E-state index is 12.3. The molecule has 4 aliphatic rings. The summed E-state index contributed by atoms with van der Waals surface area (Å²) in [5.74, 6) is -1.08. The first kappa shape index (κ1) is 18.4. The molecule has 5 heteroatoms. The second kappa shape index (κ2) is 6.03. The van der Waals surface area contributed by atoms with Gasteiger partial charge < -0.3 is 15.3 Å². The van der Waals surface area contributed by atoms with E-state index in [1.54, 1.807) is 0 Å². The van der Waals surface area contributed by atoms with E-state index >= 15 is 0 Å². The normalized spacial score (nSPS) is 53.3. The van der Waals surface area contributed by atoms with Gasteiger partial charge in [-0.05, 0) is 85.9 Å². The summed E-state index contributed by atoms with van der Waals surface area (Å²) in [6.07, 6.45) is 6.10. The van der Waals surface area contributed by atoms with Gasteiger partial charge in [-0.3, -0.25) is 4.79 Å². The summed E-state index contributed by atoms with van der Waals surface area (Å²) in [7, 11) is 0. The predicted molar refractivity (Wildman–Crippen MR) is 95.3 cm³/mol. The molecule has 0 aromatic carbocycles. The first-order valence-electron chi connectivity index (χ1n) is 10.3. The van der Waals surface area contributed by atoms with Crippen LogP contribution in [0.4, 0.5) is 0 Å².